The van der Waals surface area contributed by atoms with E-state index in [0.717, 1.165) is 24.4 Å². The number of halogens is 2. The van der Waals surface area contributed by atoms with Gasteiger partial charge in [0, 0.05) is 40.0 Å². The molecule has 0 aliphatic heterocycles. The Kier molecular flexibility index (Phi) is 19.2. The van der Waals surface area contributed by atoms with Gasteiger partial charge in [-0.05, 0) is 78.6 Å². The number of nitrogens with zero attached hydrogens (tertiary/aromatic N) is 1. The fourth-order valence-corrected chi connectivity index (χ4v) is 3.93. The minimum Gasteiger partial charge on any atom is -0.381 e. The van der Waals surface area contributed by atoms with Crippen LogP contribution in [-0.4, -0.2) is 51.5 Å². The van der Waals surface area contributed by atoms with E-state index >= 15 is 0 Å². The van der Waals surface area contributed by atoms with Gasteiger partial charge in [-0.15, -0.1) is 11.8 Å². The summed E-state index contributed by atoms with van der Waals surface area (Å²) in [7, 11) is -3.26. The van der Waals surface area contributed by atoms with Crippen molar-refractivity contribution >= 4 is 50.9 Å². The Morgan fingerprint density at radius 1 is 0.881 bits per heavy atom. The number of pyridine rings is 1. The highest BCUT2D eigenvalue weighted by Crippen LogP contribution is 2.24. The van der Waals surface area contributed by atoms with Gasteiger partial charge in [-0.2, -0.15) is 8.42 Å². The predicted octanol–water partition coefficient (Wildman–Crippen LogP) is 9.11. The largest absolute Gasteiger partial charge is 0.381 e. The number of aromatic nitrogens is 1. The van der Waals surface area contributed by atoms with Gasteiger partial charge < -0.3 is 4.74 Å². The van der Waals surface area contributed by atoms with Crippen molar-refractivity contribution in [2.24, 2.45) is 10.8 Å². The van der Waals surface area contributed by atoms with Gasteiger partial charge in [0.15, 0.2) is 5.78 Å². The number of hydrogen-bond donors (Lipinski definition) is 0. The number of ketones is 1. The molecule has 234 valence electrons. The highest BCUT2D eigenvalue weighted by Gasteiger charge is 2.14. The van der Waals surface area contributed by atoms with E-state index in [1.807, 2.05) is 64.3 Å². The summed E-state index contributed by atoms with van der Waals surface area (Å²) in [6, 6.07) is 18.0. The monoisotopic (exact) mass is 657 g/mol. The first-order chi connectivity index (χ1) is 19.4. The van der Waals surface area contributed by atoms with E-state index in [4.69, 9.17) is 27.9 Å². The third-order valence-corrected chi connectivity index (χ3v) is 6.39. The maximum Gasteiger partial charge on any atom is 0.264 e. The van der Waals surface area contributed by atoms with Crippen LogP contribution in [-0.2, 0) is 19.0 Å². The van der Waals surface area contributed by atoms with Crippen molar-refractivity contribution in [3.63, 3.8) is 0 Å². The maximum absolute atomic E-state index is 12.3. The number of carbonyl (C=O) groups excluding carboxylic acids is 1. The maximum atomic E-state index is 12.3. The van der Waals surface area contributed by atoms with E-state index in [1.165, 1.54) is 0 Å². The van der Waals surface area contributed by atoms with Gasteiger partial charge in [0.1, 0.15) is 0 Å². The molecule has 6 nitrogen and oxygen atoms in total. The molecular weight excluding hydrogens is 613 g/mol. The van der Waals surface area contributed by atoms with Crippen molar-refractivity contribution in [1.82, 2.24) is 4.98 Å². The van der Waals surface area contributed by atoms with E-state index in [1.54, 1.807) is 54.5 Å². The SMILES string of the molecule is CC(C)(C)COS(C)(=O)=O.CCOCC(C)(C)C.CSc1ccc(C(=O)c2cc(Cl)ccc2Cl)cc1.c1ccncc1. The molecule has 0 saturated heterocycles. The molecule has 0 atom stereocenters. The Balaban J connectivity index is 0.000000593. The fraction of sp³-hybridized carbons (Fsp3) is 0.438. The molecule has 0 radical (unpaired) electrons. The number of hydrogen-bond acceptors (Lipinski definition) is 7. The fourth-order valence-electron chi connectivity index (χ4n) is 2.57. The molecule has 0 aliphatic carbocycles. The standard InChI is InChI=1S/C14H10Cl2OS.C7H16O.C6H14O3S.C5H5N/c1-18-11-5-2-9(3-6-11)14(17)12-8-10(15)4-7-13(12)16;1-5-8-6-7(2,3)4;1-6(2,3)5-9-10(4,7)8;1-2-4-6-5-3-1/h2-8H,1H3;5-6H2,1-4H3;5H2,1-4H3;1-5H. The molecule has 1 heterocycles. The zero-order valence-electron chi connectivity index (χ0n) is 26.1. The Hall–Kier alpha value is -1.94. The smallest absolute Gasteiger partial charge is 0.264 e. The summed E-state index contributed by atoms with van der Waals surface area (Å²) in [5.74, 6) is -0.116. The summed E-state index contributed by atoms with van der Waals surface area (Å²) in [5.41, 5.74) is 1.28. The van der Waals surface area contributed by atoms with Gasteiger partial charge in [-0.25, -0.2) is 0 Å². The van der Waals surface area contributed by atoms with Gasteiger partial charge in [-0.1, -0.05) is 70.8 Å². The number of thioether (sulfide) groups is 1. The van der Waals surface area contributed by atoms with E-state index in [0.29, 0.717) is 26.6 Å². The lowest BCUT2D eigenvalue weighted by molar-refractivity contribution is 0.0805. The molecule has 0 spiro atoms. The normalized spacial score (nSPS) is 11.1. The van der Waals surface area contributed by atoms with Gasteiger partial charge in [0.25, 0.3) is 10.1 Å². The van der Waals surface area contributed by atoms with E-state index in [9.17, 15) is 13.2 Å². The highest BCUT2D eigenvalue weighted by molar-refractivity contribution is 7.98. The first-order valence-corrected chi connectivity index (χ1v) is 17.1. The molecule has 0 bridgehead atoms. The second-order valence-corrected chi connectivity index (χ2v) is 14.8. The van der Waals surface area contributed by atoms with Crippen molar-refractivity contribution in [2.75, 3.05) is 32.3 Å². The van der Waals surface area contributed by atoms with Crippen LogP contribution >= 0.6 is 35.0 Å². The molecule has 0 saturated carbocycles. The van der Waals surface area contributed by atoms with Crippen LogP contribution in [0.1, 0.15) is 64.4 Å². The van der Waals surface area contributed by atoms with Crippen molar-refractivity contribution in [3.8, 4) is 0 Å². The quantitative estimate of drug-likeness (QED) is 0.142. The van der Waals surface area contributed by atoms with Crippen molar-refractivity contribution in [2.45, 2.75) is 53.4 Å². The van der Waals surface area contributed by atoms with Crippen molar-refractivity contribution in [3.05, 3.63) is 94.2 Å². The molecule has 3 aromatic rings. The average Bonchev–Trinajstić information content (AvgIpc) is 2.93. The molecule has 0 N–H and O–H groups in total. The lowest BCUT2D eigenvalue weighted by Gasteiger charge is -2.16. The van der Waals surface area contributed by atoms with E-state index < -0.39 is 10.1 Å². The van der Waals surface area contributed by atoms with Crippen LogP contribution in [0.3, 0.4) is 0 Å². The summed E-state index contributed by atoms with van der Waals surface area (Å²) in [6.07, 6.45) is 6.55. The Labute approximate surface area is 267 Å². The average molecular weight is 659 g/mol. The summed E-state index contributed by atoms with van der Waals surface area (Å²) in [4.78, 5) is 17.2. The van der Waals surface area contributed by atoms with Crippen LogP contribution in [0, 0.1) is 10.8 Å². The van der Waals surface area contributed by atoms with Crippen LogP contribution in [0.25, 0.3) is 0 Å². The zero-order valence-corrected chi connectivity index (χ0v) is 29.3. The second-order valence-electron chi connectivity index (χ2n) is 11.4. The molecule has 1 aromatic heterocycles. The van der Waals surface area contributed by atoms with Gasteiger partial charge >= 0.3 is 0 Å². The van der Waals surface area contributed by atoms with Crippen molar-refractivity contribution in [1.29, 1.82) is 0 Å². The Morgan fingerprint density at radius 2 is 1.43 bits per heavy atom. The minimum absolute atomic E-state index is 0.0942. The van der Waals surface area contributed by atoms with Gasteiger partial charge in [0.2, 0.25) is 0 Å². The van der Waals surface area contributed by atoms with Crippen LogP contribution in [0.4, 0.5) is 0 Å². The lowest BCUT2D eigenvalue weighted by atomic mass is 9.99. The molecule has 3 rings (SSSR count). The predicted molar refractivity (Wildman–Crippen MR) is 179 cm³/mol. The minimum atomic E-state index is -3.26. The molecule has 0 aliphatic rings. The molecule has 0 amide bonds. The van der Waals surface area contributed by atoms with Gasteiger partial charge in [-0.3, -0.25) is 14.0 Å². The second kappa shape index (κ2) is 20.1. The molecule has 0 unspecified atom stereocenters. The molecule has 2 aromatic carbocycles. The molecule has 42 heavy (non-hydrogen) atoms. The highest BCUT2D eigenvalue weighted by atomic mass is 35.5. The summed E-state index contributed by atoms with van der Waals surface area (Å²) in [6.45, 7) is 16.2. The first kappa shape index (κ1) is 40.1. The number of benzene rings is 2. The van der Waals surface area contributed by atoms with Crippen LogP contribution in [0.15, 0.2) is 78.0 Å². The number of ether oxygens (including phenoxy) is 1. The van der Waals surface area contributed by atoms with Crippen LogP contribution < -0.4 is 0 Å². The van der Waals surface area contributed by atoms with E-state index in [2.05, 4.69) is 29.9 Å². The molecular formula is C32H45Cl2NO5S2. The van der Waals surface area contributed by atoms with E-state index in [-0.39, 0.29) is 17.8 Å². The number of rotatable bonds is 7. The Morgan fingerprint density at radius 3 is 1.76 bits per heavy atom. The first-order valence-electron chi connectivity index (χ1n) is 13.3. The topological polar surface area (TPSA) is 82.6 Å². The third-order valence-electron chi connectivity index (χ3n) is 4.54. The summed E-state index contributed by atoms with van der Waals surface area (Å²) < 4.78 is 30.7. The van der Waals surface area contributed by atoms with Crippen molar-refractivity contribution < 1.29 is 22.1 Å². The molecule has 10 heteroatoms. The number of carbonyl (C=O) groups is 1. The zero-order chi connectivity index (χ0) is 32.4. The summed E-state index contributed by atoms with van der Waals surface area (Å²) >= 11 is 13.5. The lowest BCUT2D eigenvalue weighted by Crippen LogP contribution is -2.17. The summed E-state index contributed by atoms with van der Waals surface area (Å²) in [5, 5.41) is 0.918. The van der Waals surface area contributed by atoms with Gasteiger partial charge in [0.05, 0.1) is 24.5 Å². The Bertz CT molecular complexity index is 1250. The molecule has 0 fully saturated rings. The van der Waals surface area contributed by atoms with Crippen LogP contribution in [0.2, 0.25) is 10.0 Å². The van der Waals surface area contributed by atoms with Crippen LogP contribution in [0.5, 0.6) is 0 Å². The third kappa shape index (κ3) is 21.7.